The zero-order valence-corrected chi connectivity index (χ0v) is 18.9. The summed E-state index contributed by atoms with van der Waals surface area (Å²) in [6.45, 7) is 7.14. The van der Waals surface area contributed by atoms with Crippen molar-refractivity contribution >= 4 is 17.4 Å². The fourth-order valence-corrected chi connectivity index (χ4v) is 3.32. The average molecular weight is 592 g/mol. The Morgan fingerprint density at radius 3 is 2.13 bits per heavy atom. The van der Waals surface area contributed by atoms with E-state index in [0.717, 1.165) is 0 Å². The van der Waals surface area contributed by atoms with Crippen molar-refractivity contribution in [1.29, 1.82) is 5.26 Å². The molecule has 0 fully saturated rings. The summed E-state index contributed by atoms with van der Waals surface area (Å²) in [7, 11) is 3.58. The predicted molar refractivity (Wildman–Crippen MR) is 106 cm³/mol. The molecule has 0 aliphatic heterocycles. The van der Waals surface area contributed by atoms with Crippen LogP contribution in [0.15, 0.2) is 46.7 Å². The van der Waals surface area contributed by atoms with Crippen molar-refractivity contribution in [3.8, 4) is 28.8 Å². The Bertz CT molecular complexity index is 1200. The number of nitrogens with zero attached hydrogens (tertiary/aromatic N) is 8. The zero-order chi connectivity index (χ0) is 20.4. The van der Waals surface area contributed by atoms with Gasteiger partial charge in [-0.05, 0) is 17.3 Å². The smallest absolute Gasteiger partial charge is 0.259 e. The minimum Gasteiger partial charge on any atom is -0.259 e. The van der Waals surface area contributed by atoms with Gasteiger partial charge in [0, 0.05) is 14.1 Å². The van der Waals surface area contributed by atoms with Crippen LogP contribution in [0.25, 0.3) is 27.6 Å². The standard InChI is InChI=1S/C20H12N8S.Pt/c1-22-16-9-5-8-15(11-16)18-24-20(28(3)26-18)29-19-23-17(25-27(19)2)14-7-4-6-13(10-14)12-21;/h4-6,9-11H,2-3H3;/q-2;+2. The molecule has 0 atom stereocenters. The number of rotatable bonds is 4. The molecule has 4 aromatic rings. The van der Waals surface area contributed by atoms with E-state index in [1.165, 1.54) is 11.8 Å². The topological polar surface area (TPSA) is 89.6 Å². The molecule has 8 nitrogen and oxygen atoms in total. The van der Waals surface area contributed by atoms with Gasteiger partial charge in [-0.15, -0.1) is 53.6 Å². The second-order valence-electron chi connectivity index (χ2n) is 5.96. The third-order valence-electron chi connectivity index (χ3n) is 3.96. The molecule has 0 N–H and O–H groups in total. The Hall–Kier alpha value is -3.26. The largest absolute Gasteiger partial charge is 2.00 e. The number of hydrogen-bond donors (Lipinski definition) is 0. The van der Waals surface area contributed by atoms with Crippen LogP contribution in [0.5, 0.6) is 0 Å². The molecule has 148 valence electrons. The van der Waals surface area contributed by atoms with Crippen molar-refractivity contribution in [1.82, 2.24) is 29.5 Å². The Morgan fingerprint density at radius 1 is 1.00 bits per heavy atom. The summed E-state index contributed by atoms with van der Waals surface area (Å²) < 4.78 is 3.29. The Morgan fingerprint density at radius 2 is 1.57 bits per heavy atom. The first-order chi connectivity index (χ1) is 14.1. The molecule has 0 bridgehead atoms. The van der Waals surface area contributed by atoms with Gasteiger partial charge < -0.3 is 0 Å². The molecule has 0 saturated heterocycles. The van der Waals surface area contributed by atoms with Crippen LogP contribution in [0, 0.1) is 30.0 Å². The predicted octanol–water partition coefficient (Wildman–Crippen LogP) is 3.45. The molecule has 0 unspecified atom stereocenters. The maximum absolute atomic E-state index is 9.07. The second kappa shape index (κ2) is 9.04. The van der Waals surface area contributed by atoms with Gasteiger partial charge in [0.25, 0.3) is 0 Å². The summed E-state index contributed by atoms with van der Waals surface area (Å²) >= 11 is 1.32. The van der Waals surface area contributed by atoms with Crippen molar-refractivity contribution in [3.63, 3.8) is 0 Å². The molecule has 0 saturated carbocycles. The summed E-state index contributed by atoms with van der Waals surface area (Å²) in [5.41, 5.74) is 2.34. The fourth-order valence-electron chi connectivity index (χ4n) is 2.55. The maximum Gasteiger partial charge on any atom is 2.00 e. The minimum absolute atomic E-state index is 0. The van der Waals surface area contributed by atoms with Gasteiger partial charge in [-0.2, -0.15) is 11.3 Å². The van der Waals surface area contributed by atoms with Crippen LogP contribution in [-0.4, -0.2) is 29.5 Å². The van der Waals surface area contributed by atoms with Crippen molar-refractivity contribution in [2.45, 2.75) is 10.3 Å². The first-order valence-corrected chi connectivity index (χ1v) is 9.20. The van der Waals surface area contributed by atoms with E-state index in [1.807, 2.05) is 0 Å². The van der Waals surface area contributed by atoms with E-state index in [-0.39, 0.29) is 21.1 Å². The van der Waals surface area contributed by atoms with E-state index in [9.17, 15) is 0 Å². The quantitative estimate of drug-likeness (QED) is 0.338. The first-order valence-electron chi connectivity index (χ1n) is 8.39. The van der Waals surface area contributed by atoms with E-state index in [2.05, 4.69) is 43.2 Å². The van der Waals surface area contributed by atoms with Gasteiger partial charge in [0.05, 0.1) is 24.3 Å². The summed E-state index contributed by atoms with van der Waals surface area (Å²) in [6.07, 6.45) is 0. The molecule has 0 radical (unpaired) electrons. The van der Waals surface area contributed by atoms with Crippen LogP contribution in [0.2, 0.25) is 0 Å². The number of aromatic nitrogens is 6. The van der Waals surface area contributed by atoms with Crippen molar-refractivity contribution in [3.05, 3.63) is 65.5 Å². The van der Waals surface area contributed by atoms with E-state index >= 15 is 0 Å². The van der Waals surface area contributed by atoms with Crippen molar-refractivity contribution in [2.24, 2.45) is 14.1 Å². The van der Waals surface area contributed by atoms with Crippen molar-refractivity contribution in [2.75, 3.05) is 0 Å². The van der Waals surface area contributed by atoms with Crippen LogP contribution in [0.3, 0.4) is 0 Å². The van der Waals surface area contributed by atoms with Crippen LogP contribution >= 0.6 is 11.8 Å². The van der Waals surface area contributed by atoms with Gasteiger partial charge >= 0.3 is 21.1 Å². The van der Waals surface area contributed by atoms with Crippen LogP contribution in [0.4, 0.5) is 5.69 Å². The van der Waals surface area contributed by atoms with Gasteiger partial charge in [0.2, 0.25) is 0 Å². The zero-order valence-electron chi connectivity index (χ0n) is 15.8. The Labute approximate surface area is 191 Å². The van der Waals surface area contributed by atoms with E-state index in [0.29, 0.717) is 44.3 Å². The van der Waals surface area contributed by atoms with Crippen molar-refractivity contribution < 1.29 is 21.1 Å². The van der Waals surface area contributed by atoms with Crippen LogP contribution in [0.1, 0.15) is 5.56 Å². The van der Waals surface area contributed by atoms with E-state index in [1.54, 1.807) is 59.9 Å². The molecule has 30 heavy (non-hydrogen) atoms. The first kappa shape index (κ1) is 21.4. The Kier molecular flexibility index (Phi) is 6.46. The average Bonchev–Trinajstić information content (AvgIpc) is 3.31. The molecule has 0 aliphatic carbocycles. The number of aryl methyl sites for hydroxylation is 2. The van der Waals surface area contributed by atoms with E-state index in [4.69, 9.17) is 11.8 Å². The molecule has 2 aromatic heterocycles. The van der Waals surface area contributed by atoms with Gasteiger partial charge in [0.15, 0.2) is 10.3 Å². The molecular formula is C20H12N8PtS. The molecule has 4 rings (SSSR count). The van der Waals surface area contributed by atoms with Gasteiger partial charge in [-0.1, -0.05) is 0 Å². The second-order valence-corrected chi connectivity index (χ2v) is 6.89. The van der Waals surface area contributed by atoms with Gasteiger partial charge in [-0.3, -0.25) is 24.2 Å². The third-order valence-corrected chi connectivity index (χ3v) is 5.03. The number of hydrogen-bond acceptors (Lipinski definition) is 6. The molecule has 2 aromatic carbocycles. The molecule has 10 heteroatoms. The monoisotopic (exact) mass is 591 g/mol. The summed E-state index contributed by atoms with van der Waals surface area (Å²) in [5.74, 6) is 0.963. The summed E-state index contributed by atoms with van der Waals surface area (Å²) in [5, 5.41) is 19.2. The van der Waals surface area contributed by atoms with Gasteiger partial charge in [-0.25, -0.2) is 10.2 Å². The summed E-state index contributed by atoms with van der Waals surface area (Å²) in [6, 6.07) is 18.4. The SMILES string of the molecule is [C-]#[N+]c1cc[c-]c(-c2nc(Sc3nc(-c4[c-]ccc(C#N)c4)nn3C)n(C)n2)c1.[Pt+2]. The minimum atomic E-state index is 0. The Balaban J connectivity index is 0.00000256. The number of benzene rings is 2. The normalized spacial score (nSPS) is 10.1. The van der Waals surface area contributed by atoms with Gasteiger partial charge in [0.1, 0.15) is 5.69 Å². The molecule has 2 heterocycles. The molecule has 0 spiro atoms. The maximum atomic E-state index is 9.07. The molecule has 0 aliphatic rings. The summed E-state index contributed by atoms with van der Waals surface area (Å²) in [4.78, 5) is 12.5. The van der Waals surface area contributed by atoms with E-state index < -0.39 is 0 Å². The third kappa shape index (κ3) is 4.33. The molecule has 0 amide bonds. The number of nitriles is 1. The van der Waals surface area contributed by atoms with Crippen LogP contribution in [-0.2, 0) is 35.2 Å². The molecular weight excluding hydrogens is 579 g/mol. The fraction of sp³-hybridized carbons (Fsp3) is 0.100. The van der Waals surface area contributed by atoms with Crippen LogP contribution < -0.4 is 0 Å².